The maximum atomic E-state index is 5.09. The van der Waals surface area contributed by atoms with Crippen LogP contribution in [-0.2, 0) is 5.41 Å². The summed E-state index contributed by atoms with van der Waals surface area (Å²) >= 11 is 1.94. The predicted octanol–water partition coefficient (Wildman–Crippen LogP) is 12.0. The van der Waals surface area contributed by atoms with Crippen molar-refractivity contribution in [1.82, 2.24) is 9.97 Å². The largest absolute Gasteiger partial charge is 0.228 e. The summed E-state index contributed by atoms with van der Waals surface area (Å²) in [5.74, 6) is 0.748. The Kier molecular flexibility index (Phi) is 7.01. The fourth-order valence-electron chi connectivity index (χ4n) is 7.88. The summed E-state index contributed by atoms with van der Waals surface area (Å²) in [7, 11) is 0. The second-order valence-electron chi connectivity index (χ2n) is 12.9. The van der Waals surface area contributed by atoms with Crippen molar-refractivity contribution in [3.8, 4) is 44.9 Å². The van der Waals surface area contributed by atoms with Gasteiger partial charge in [0.05, 0.1) is 11.2 Å². The maximum Gasteiger partial charge on any atom is 0.160 e. The summed E-state index contributed by atoms with van der Waals surface area (Å²) in [5.41, 5.74) is 12.2. The minimum atomic E-state index is 0.112. The molecule has 1 aromatic heterocycles. The SMILES string of the molecule is c1ccc(-c2nc(-c3ccc(-c4ccccc4-c4ccc5c(c4)C4(CCCCC4)c4ccccc4S5)cc3)c3ccccc3n2)cc1. The molecule has 0 atom stereocenters. The average Bonchev–Trinajstić information content (AvgIpc) is 3.15. The number of rotatable bonds is 4. The van der Waals surface area contributed by atoms with E-state index in [1.54, 1.807) is 0 Å². The van der Waals surface area contributed by atoms with Crippen molar-refractivity contribution in [2.45, 2.75) is 47.3 Å². The van der Waals surface area contributed by atoms with Gasteiger partial charge in [0.1, 0.15) is 0 Å². The molecule has 0 unspecified atom stereocenters. The Labute approximate surface area is 280 Å². The van der Waals surface area contributed by atoms with Gasteiger partial charge in [-0.25, -0.2) is 9.97 Å². The number of aromatic nitrogens is 2. The van der Waals surface area contributed by atoms with Crippen LogP contribution in [0.2, 0.25) is 0 Å². The Balaban J connectivity index is 1.12. The predicted molar refractivity (Wildman–Crippen MR) is 196 cm³/mol. The summed E-state index contributed by atoms with van der Waals surface area (Å²) in [5, 5.41) is 1.06. The molecule has 47 heavy (non-hydrogen) atoms. The molecule has 9 rings (SSSR count). The molecule has 226 valence electrons. The van der Waals surface area contributed by atoms with E-state index in [1.807, 2.05) is 36.0 Å². The van der Waals surface area contributed by atoms with E-state index in [9.17, 15) is 0 Å². The number of hydrogen-bond donors (Lipinski definition) is 0. The normalized spacial score (nSPS) is 14.9. The van der Waals surface area contributed by atoms with Crippen LogP contribution < -0.4 is 0 Å². The van der Waals surface area contributed by atoms with Crippen LogP contribution in [0, 0.1) is 0 Å². The number of para-hydroxylation sites is 1. The van der Waals surface area contributed by atoms with Crippen LogP contribution in [0.5, 0.6) is 0 Å². The summed E-state index contributed by atoms with van der Waals surface area (Å²) in [6, 6.07) is 52.7. The van der Waals surface area contributed by atoms with Crippen LogP contribution in [0.4, 0.5) is 0 Å². The molecule has 1 saturated carbocycles. The van der Waals surface area contributed by atoms with Crippen molar-refractivity contribution in [1.29, 1.82) is 0 Å². The van der Waals surface area contributed by atoms with Crippen molar-refractivity contribution in [2.24, 2.45) is 0 Å². The molecule has 1 fully saturated rings. The molecule has 3 heteroatoms. The van der Waals surface area contributed by atoms with E-state index in [1.165, 1.54) is 75.3 Å². The highest BCUT2D eigenvalue weighted by Crippen LogP contribution is 2.56. The Morgan fingerprint density at radius 1 is 0.468 bits per heavy atom. The first kappa shape index (κ1) is 28.3. The van der Waals surface area contributed by atoms with Gasteiger partial charge in [0, 0.05) is 31.7 Å². The molecule has 0 saturated heterocycles. The van der Waals surface area contributed by atoms with E-state index in [2.05, 4.69) is 121 Å². The van der Waals surface area contributed by atoms with Gasteiger partial charge in [0.15, 0.2) is 5.82 Å². The minimum absolute atomic E-state index is 0.112. The van der Waals surface area contributed by atoms with Crippen LogP contribution in [0.3, 0.4) is 0 Å². The van der Waals surface area contributed by atoms with Crippen LogP contribution in [0.15, 0.2) is 155 Å². The van der Waals surface area contributed by atoms with Gasteiger partial charge in [-0.1, -0.05) is 152 Å². The second kappa shape index (κ2) is 11.7. The van der Waals surface area contributed by atoms with Gasteiger partial charge in [0.2, 0.25) is 0 Å². The molecule has 0 radical (unpaired) electrons. The average molecular weight is 623 g/mol. The van der Waals surface area contributed by atoms with Crippen LogP contribution >= 0.6 is 11.8 Å². The fraction of sp³-hybridized carbons (Fsp3) is 0.136. The van der Waals surface area contributed by atoms with Crippen molar-refractivity contribution < 1.29 is 0 Å². The lowest BCUT2D eigenvalue weighted by atomic mass is 9.64. The maximum absolute atomic E-state index is 5.09. The Hall–Kier alpha value is -4.99. The van der Waals surface area contributed by atoms with E-state index >= 15 is 0 Å². The molecule has 2 aliphatic rings. The highest BCUT2D eigenvalue weighted by molar-refractivity contribution is 7.99. The lowest BCUT2D eigenvalue weighted by Crippen LogP contribution is -2.33. The third-order valence-electron chi connectivity index (χ3n) is 10.2. The summed E-state index contributed by atoms with van der Waals surface area (Å²) in [6.45, 7) is 0. The zero-order valence-corrected chi connectivity index (χ0v) is 27.0. The molecular weight excluding hydrogens is 589 g/mol. The zero-order valence-electron chi connectivity index (χ0n) is 26.2. The van der Waals surface area contributed by atoms with Crippen molar-refractivity contribution in [3.63, 3.8) is 0 Å². The lowest BCUT2D eigenvalue weighted by molar-refractivity contribution is 0.335. The smallest absolute Gasteiger partial charge is 0.160 e. The number of nitrogens with zero attached hydrogens (tertiary/aromatic N) is 2. The molecule has 7 aromatic rings. The zero-order chi connectivity index (χ0) is 31.2. The van der Waals surface area contributed by atoms with Crippen molar-refractivity contribution in [2.75, 3.05) is 0 Å². The highest BCUT2D eigenvalue weighted by atomic mass is 32.2. The molecule has 1 aliphatic heterocycles. The molecule has 1 aliphatic carbocycles. The van der Waals surface area contributed by atoms with Crippen LogP contribution in [0.1, 0.15) is 43.2 Å². The third kappa shape index (κ3) is 4.89. The van der Waals surface area contributed by atoms with Gasteiger partial charge in [-0.2, -0.15) is 0 Å². The van der Waals surface area contributed by atoms with E-state index in [0.29, 0.717) is 0 Å². The fourth-order valence-corrected chi connectivity index (χ4v) is 9.13. The molecule has 2 heterocycles. The lowest BCUT2D eigenvalue weighted by Gasteiger charge is -2.43. The molecular formula is C44H34N2S. The first-order chi connectivity index (χ1) is 23.3. The molecule has 0 bridgehead atoms. The summed E-state index contributed by atoms with van der Waals surface area (Å²) in [6.07, 6.45) is 6.38. The molecule has 0 amide bonds. The number of fused-ring (bicyclic) bond motifs is 5. The van der Waals surface area contributed by atoms with Crippen molar-refractivity contribution >= 4 is 22.7 Å². The number of benzene rings is 6. The van der Waals surface area contributed by atoms with E-state index in [4.69, 9.17) is 9.97 Å². The Morgan fingerprint density at radius 2 is 1.11 bits per heavy atom. The second-order valence-corrected chi connectivity index (χ2v) is 13.9. The van der Waals surface area contributed by atoms with E-state index in [0.717, 1.165) is 33.5 Å². The van der Waals surface area contributed by atoms with Gasteiger partial charge in [-0.3, -0.25) is 0 Å². The first-order valence-electron chi connectivity index (χ1n) is 16.7. The first-order valence-corrected chi connectivity index (χ1v) is 17.5. The van der Waals surface area contributed by atoms with Gasteiger partial charge in [0.25, 0.3) is 0 Å². The van der Waals surface area contributed by atoms with Crippen LogP contribution in [-0.4, -0.2) is 9.97 Å². The molecule has 0 N–H and O–H groups in total. The van der Waals surface area contributed by atoms with Gasteiger partial charge < -0.3 is 0 Å². The number of hydrogen-bond acceptors (Lipinski definition) is 3. The highest BCUT2D eigenvalue weighted by Gasteiger charge is 2.41. The van der Waals surface area contributed by atoms with Gasteiger partial charge in [-0.05, 0) is 70.5 Å². The summed E-state index contributed by atoms with van der Waals surface area (Å²) < 4.78 is 0. The van der Waals surface area contributed by atoms with Gasteiger partial charge >= 0.3 is 0 Å². The van der Waals surface area contributed by atoms with Gasteiger partial charge in [-0.15, -0.1) is 0 Å². The molecule has 2 nitrogen and oxygen atoms in total. The molecule has 6 aromatic carbocycles. The van der Waals surface area contributed by atoms with E-state index in [-0.39, 0.29) is 5.41 Å². The van der Waals surface area contributed by atoms with Crippen molar-refractivity contribution in [3.05, 3.63) is 157 Å². The van der Waals surface area contributed by atoms with Crippen LogP contribution in [0.25, 0.3) is 55.8 Å². The monoisotopic (exact) mass is 622 g/mol. The summed E-state index contributed by atoms with van der Waals surface area (Å²) in [4.78, 5) is 12.9. The minimum Gasteiger partial charge on any atom is -0.228 e. The Bertz CT molecular complexity index is 2250. The molecule has 1 spiro atoms. The quantitative estimate of drug-likeness (QED) is 0.195. The third-order valence-corrected chi connectivity index (χ3v) is 11.3. The standard InChI is InChI=1S/C44H34N2S/c1-3-13-32(14-4-1)43-45-39-19-9-7-17-36(39)42(46-43)31-23-21-30(22-24-31)34-15-5-6-16-35(34)33-25-26-41-38(29-33)44(27-11-2-12-28-44)37-18-8-10-20-40(37)47-41/h1,3-10,13-26,29H,2,11-12,27-28H2. The van der Waals surface area contributed by atoms with E-state index < -0.39 is 0 Å². The topological polar surface area (TPSA) is 25.8 Å². The Morgan fingerprint density at radius 3 is 1.94 bits per heavy atom.